The summed E-state index contributed by atoms with van der Waals surface area (Å²) in [7, 11) is 0. The van der Waals surface area contributed by atoms with Crippen LogP contribution in [0.2, 0.25) is 0 Å². The van der Waals surface area contributed by atoms with Crippen LogP contribution in [0.4, 0.5) is 23.8 Å². The highest BCUT2D eigenvalue weighted by atomic mass is 19.4. The van der Waals surface area contributed by atoms with Crippen LogP contribution in [0.3, 0.4) is 0 Å². The van der Waals surface area contributed by atoms with Crippen molar-refractivity contribution in [3.63, 3.8) is 0 Å². The van der Waals surface area contributed by atoms with Crippen molar-refractivity contribution in [1.82, 2.24) is 19.7 Å². The largest absolute Gasteiger partial charge is 0.437 e. The Labute approximate surface area is 161 Å². The summed E-state index contributed by atoms with van der Waals surface area (Å²) in [6.07, 6.45) is -2.34. The van der Waals surface area contributed by atoms with E-state index in [0.29, 0.717) is 10.1 Å². The maximum absolute atomic E-state index is 13.6. The number of benzene rings is 1. The number of hydrogen-bond donors (Lipinski definition) is 1. The number of fused-ring (bicyclic) bond motifs is 1. The molecule has 1 N–H and O–H groups in total. The lowest BCUT2D eigenvalue weighted by molar-refractivity contribution is -0.143. The number of carbonyl (C=O) groups is 1. The third kappa shape index (κ3) is 3.72. The summed E-state index contributed by atoms with van der Waals surface area (Å²) in [5, 5.41) is 7.47. The maximum Gasteiger partial charge on any atom is 0.437 e. The smallest absolute Gasteiger partial charge is 0.406 e. The lowest BCUT2D eigenvalue weighted by atomic mass is 10.1. The first-order valence-electron chi connectivity index (χ1n) is 8.33. The zero-order chi connectivity index (χ0) is 20.4. The predicted molar refractivity (Wildman–Crippen MR) is 97.8 cm³/mol. The Morgan fingerprint density at radius 3 is 2.55 bits per heavy atom. The van der Waals surface area contributed by atoms with Crippen LogP contribution in [0, 0.1) is 0 Å². The molecule has 7 nitrogen and oxygen atoms in total. The predicted octanol–water partition coefficient (Wildman–Crippen LogP) is 4.45. The Morgan fingerprint density at radius 1 is 1.00 bits per heavy atom. The Bertz CT molecular complexity index is 1170. The van der Waals surface area contributed by atoms with E-state index in [-0.39, 0.29) is 11.6 Å². The fourth-order valence-electron chi connectivity index (χ4n) is 2.76. The molecule has 0 aliphatic carbocycles. The molecule has 0 fully saturated rings. The molecule has 4 rings (SSSR count). The van der Waals surface area contributed by atoms with Gasteiger partial charge in [-0.15, -0.1) is 0 Å². The normalized spacial score (nSPS) is 11.4. The van der Waals surface area contributed by atoms with E-state index in [0.717, 1.165) is 11.6 Å². The molecule has 0 bridgehead atoms. The molecule has 3 aromatic heterocycles. The number of ether oxygens (including phenoxy) is 1. The van der Waals surface area contributed by atoms with Gasteiger partial charge in [0.15, 0.2) is 17.3 Å². The summed E-state index contributed by atoms with van der Waals surface area (Å²) in [6.45, 7) is 0. The van der Waals surface area contributed by atoms with Gasteiger partial charge in [0.1, 0.15) is 5.82 Å². The molecule has 10 heteroatoms. The number of anilines is 1. The van der Waals surface area contributed by atoms with E-state index in [9.17, 15) is 18.0 Å². The molecular formula is C19H12F3N5O2. The molecule has 0 unspecified atom stereocenters. The summed E-state index contributed by atoms with van der Waals surface area (Å²) in [5.74, 6) is -0.648. The highest BCUT2D eigenvalue weighted by Crippen LogP contribution is 2.37. The fourth-order valence-corrected chi connectivity index (χ4v) is 2.76. The van der Waals surface area contributed by atoms with Gasteiger partial charge >= 0.3 is 12.3 Å². The van der Waals surface area contributed by atoms with E-state index in [1.54, 1.807) is 24.3 Å². The molecule has 0 aliphatic heterocycles. The first kappa shape index (κ1) is 18.4. The molecule has 0 saturated heterocycles. The van der Waals surface area contributed by atoms with Gasteiger partial charge in [0.05, 0.1) is 6.20 Å². The van der Waals surface area contributed by atoms with Crippen molar-refractivity contribution < 1.29 is 22.7 Å². The second-order valence-electron chi connectivity index (χ2n) is 5.85. The Balaban J connectivity index is 1.64. The number of halogens is 3. The van der Waals surface area contributed by atoms with Crippen molar-refractivity contribution in [2.45, 2.75) is 6.18 Å². The summed E-state index contributed by atoms with van der Waals surface area (Å²) < 4.78 is 46.3. The SMILES string of the molecule is O=C(Nc1nccc2ccccc12)Oc1cnn(-c2ccccn2)c1C(F)(F)F. The van der Waals surface area contributed by atoms with Gasteiger partial charge in [-0.3, -0.25) is 5.32 Å². The molecule has 0 radical (unpaired) electrons. The van der Waals surface area contributed by atoms with Crippen LogP contribution in [0.5, 0.6) is 5.75 Å². The van der Waals surface area contributed by atoms with Crippen LogP contribution in [0.25, 0.3) is 16.6 Å². The number of hydrogen-bond acceptors (Lipinski definition) is 5. The summed E-state index contributed by atoms with van der Waals surface area (Å²) in [4.78, 5) is 20.2. The number of nitrogens with one attached hydrogen (secondary N) is 1. The number of aromatic nitrogens is 4. The second-order valence-corrected chi connectivity index (χ2v) is 5.85. The van der Waals surface area contributed by atoms with E-state index in [1.165, 1.54) is 24.5 Å². The zero-order valence-electron chi connectivity index (χ0n) is 14.6. The number of nitrogens with zero attached hydrogens (tertiary/aromatic N) is 4. The summed E-state index contributed by atoms with van der Waals surface area (Å²) >= 11 is 0. The second kappa shape index (κ2) is 7.23. The lowest BCUT2D eigenvalue weighted by Gasteiger charge is -2.12. The van der Waals surface area contributed by atoms with Gasteiger partial charge in [-0.2, -0.15) is 18.3 Å². The van der Waals surface area contributed by atoms with Crippen LogP contribution in [0.15, 0.2) is 67.1 Å². The van der Waals surface area contributed by atoms with Crippen LogP contribution in [0.1, 0.15) is 5.69 Å². The van der Waals surface area contributed by atoms with E-state index in [2.05, 4.69) is 20.4 Å². The van der Waals surface area contributed by atoms with Gasteiger partial charge in [-0.1, -0.05) is 30.3 Å². The van der Waals surface area contributed by atoms with E-state index in [4.69, 9.17) is 4.74 Å². The zero-order valence-corrected chi connectivity index (χ0v) is 14.6. The minimum Gasteiger partial charge on any atom is -0.406 e. The molecule has 29 heavy (non-hydrogen) atoms. The maximum atomic E-state index is 13.6. The third-order valence-corrected chi connectivity index (χ3v) is 3.97. The topological polar surface area (TPSA) is 81.9 Å². The highest BCUT2D eigenvalue weighted by Gasteiger charge is 2.40. The van der Waals surface area contributed by atoms with Crippen LogP contribution < -0.4 is 10.1 Å². The monoisotopic (exact) mass is 399 g/mol. The Morgan fingerprint density at radius 2 is 1.79 bits per heavy atom. The van der Waals surface area contributed by atoms with Crippen LogP contribution >= 0.6 is 0 Å². The average molecular weight is 399 g/mol. The molecule has 1 amide bonds. The minimum absolute atomic E-state index is 0.0641. The summed E-state index contributed by atoms with van der Waals surface area (Å²) in [5.41, 5.74) is -1.25. The fraction of sp³-hybridized carbons (Fsp3) is 0.0526. The van der Waals surface area contributed by atoms with E-state index >= 15 is 0 Å². The van der Waals surface area contributed by atoms with Crippen molar-refractivity contribution in [1.29, 1.82) is 0 Å². The number of carbonyl (C=O) groups excluding carboxylic acids is 1. The average Bonchev–Trinajstić information content (AvgIpc) is 3.13. The Hall–Kier alpha value is -3.95. The van der Waals surface area contributed by atoms with Crippen molar-refractivity contribution in [2.24, 2.45) is 0 Å². The molecule has 3 heterocycles. The number of alkyl halides is 3. The Kier molecular flexibility index (Phi) is 4.59. The lowest BCUT2D eigenvalue weighted by Crippen LogP contribution is -2.21. The van der Waals surface area contributed by atoms with Crippen LogP contribution in [-0.2, 0) is 6.18 Å². The quantitative estimate of drug-likeness (QED) is 0.551. The van der Waals surface area contributed by atoms with E-state index < -0.39 is 23.7 Å². The molecule has 4 aromatic rings. The molecule has 1 aromatic carbocycles. The standard InChI is InChI=1S/C19H12F3N5O2/c20-19(21,22)16-14(11-25-27(16)15-7-3-4-9-23-15)29-18(28)26-17-13-6-2-1-5-12(13)8-10-24-17/h1-11H,(H,24,26,28). The number of amides is 1. The van der Waals surface area contributed by atoms with Crippen LogP contribution in [-0.4, -0.2) is 25.8 Å². The first-order valence-corrected chi connectivity index (χ1v) is 8.33. The number of rotatable bonds is 3. The number of pyridine rings is 2. The van der Waals surface area contributed by atoms with Crippen molar-refractivity contribution in [2.75, 3.05) is 5.32 Å². The van der Waals surface area contributed by atoms with Gasteiger partial charge in [-0.05, 0) is 23.6 Å². The van der Waals surface area contributed by atoms with Gasteiger partial charge in [0, 0.05) is 17.8 Å². The van der Waals surface area contributed by atoms with Gasteiger partial charge < -0.3 is 4.74 Å². The van der Waals surface area contributed by atoms with Gasteiger partial charge in [0.2, 0.25) is 0 Å². The van der Waals surface area contributed by atoms with E-state index in [1.807, 2.05) is 12.1 Å². The molecule has 0 atom stereocenters. The van der Waals surface area contributed by atoms with Crippen molar-refractivity contribution in [3.05, 3.63) is 72.8 Å². The van der Waals surface area contributed by atoms with Crippen molar-refractivity contribution >= 4 is 22.7 Å². The molecule has 0 aliphatic rings. The minimum atomic E-state index is -4.83. The molecule has 146 valence electrons. The first-order chi connectivity index (χ1) is 13.9. The molecule has 0 spiro atoms. The summed E-state index contributed by atoms with van der Waals surface area (Å²) in [6, 6.07) is 13.3. The highest BCUT2D eigenvalue weighted by molar-refractivity contribution is 5.98. The van der Waals surface area contributed by atoms with Gasteiger partial charge in [0.25, 0.3) is 0 Å². The molecular weight excluding hydrogens is 387 g/mol. The van der Waals surface area contributed by atoms with Gasteiger partial charge in [-0.25, -0.2) is 19.4 Å². The third-order valence-electron chi connectivity index (χ3n) is 3.97. The molecule has 0 saturated carbocycles. The van der Waals surface area contributed by atoms with Crippen molar-refractivity contribution in [3.8, 4) is 11.6 Å².